The van der Waals surface area contributed by atoms with Crippen LogP contribution in [-0.4, -0.2) is 13.1 Å². The molecule has 0 saturated heterocycles. The van der Waals surface area contributed by atoms with Gasteiger partial charge in [0.1, 0.15) is 0 Å². The summed E-state index contributed by atoms with van der Waals surface area (Å²) in [7, 11) is 0. The first-order valence-corrected chi connectivity index (χ1v) is 3.73. The Kier molecular flexibility index (Phi) is 6.68. The minimum atomic E-state index is 0.597. The maximum atomic E-state index is 4.90. The minimum absolute atomic E-state index is 0.597. The van der Waals surface area contributed by atoms with Crippen molar-refractivity contribution in [2.75, 3.05) is 13.1 Å². The van der Waals surface area contributed by atoms with E-state index in [1.54, 1.807) is 0 Å². The predicted molar refractivity (Wildman–Crippen MR) is 49.3 cm³/mol. The molecule has 0 amide bonds. The third kappa shape index (κ3) is 7.03. The molecule has 0 bridgehead atoms. The zero-order valence-corrected chi connectivity index (χ0v) is 6.96. The first-order chi connectivity index (χ1) is 5.31. The number of hydrogen-bond acceptors (Lipinski definition) is 2. The Hall–Kier alpha value is -0.860. The second-order valence-electron chi connectivity index (χ2n) is 2.23. The fraction of sp³-hybridized carbons (Fsp3) is 0.333. The van der Waals surface area contributed by atoms with Crippen LogP contribution in [0.4, 0.5) is 0 Å². The lowest BCUT2D eigenvalue weighted by Crippen LogP contribution is -2.11. The number of hydrogen-bond donors (Lipinski definition) is 2. The van der Waals surface area contributed by atoms with Crippen LogP contribution < -0.4 is 11.5 Å². The Morgan fingerprint density at radius 3 is 1.64 bits per heavy atom. The molecule has 1 rings (SSSR count). The summed E-state index contributed by atoms with van der Waals surface area (Å²) in [5, 5.41) is 0. The van der Waals surface area contributed by atoms with Crippen molar-refractivity contribution in [1.82, 2.24) is 0 Å². The SMILES string of the molecule is Cc1ccccc1.NCCN. The predicted octanol–water partition coefficient (Wildman–Crippen LogP) is 0.899. The molecule has 4 N–H and O–H groups in total. The molecule has 0 spiro atoms. The van der Waals surface area contributed by atoms with Gasteiger partial charge in [0.15, 0.2) is 0 Å². The first kappa shape index (κ1) is 10.1. The minimum Gasteiger partial charge on any atom is -0.329 e. The summed E-state index contributed by atoms with van der Waals surface area (Å²) in [5.74, 6) is 0. The van der Waals surface area contributed by atoms with Gasteiger partial charge in [-0.05, 0) is 6.92 Å². The molecule has 0 radical (unpaired) electrons. The monoisotopic (exact) mass is 152 g/mol. The molecule has 2 heteroatoms. The van der Waals surface area contributed by atoms with Gasteiger partial charge in [-0.25, -0.2) is 0 Å². The lowest BCUT2D eigenvalue weighted by atomic mass is 10.2. The van der Waals surface area contributed by atoms with Crippen LogP contribution in [0, 0.1) is 6.92 Å². The van der Waals surface area contributed by atoms with E-state index in [0.717, 1.165) is 0 Å². The Bertz CT molecular complexity index is 158. The molecule has 0 aromatic heterocycles. The zero-order chi connectivity index (χ0) is 8.53. The summed E-state index contributed by atoms with van der Waals surface area (Å²) in [4.78, 5) is 0. The van der Waals surface area contributed by atoms with Crippen molar-refractivity contribution in [1.29, 1.82) is 0 Å². The van der Waals surface area contributed by atoms with E-state index in [1.165, 1.54) is 5.56 Å². The van der Waals surface area contributed by atoms with Gasteiger partial charge < -0.3 is 11.5 Å². The van der Waals surface area contributed by atoms with E-state index in [1.807, 2.05) is 18.2 Å². The molecule has 0 unspecified atom stereocenters. The van der Waals surface area contributed by atoms with E-state index < -0.39 is 0 Å². The van der Waals surface area contributed by atoms with E-state index in [4.69, 9.17) is 11.5 Å². The Balaban J connectivity index is 0.000000218. The molecule has 0 aliphatic heterocycles. The van der Waals surface area contributed by atoms with Crippen molar-refractivity contribution in [3.05, 3.63) is 35.9 Å². The molecule has 62 valence electrons. The molecular weight excluding hydrogens is 136 g/mol. The van der Waals surface area contributed by atoms with Crippen LogP contribution in [0.5, 0.6) is 0 Å². The van der Waals surface area contributed by atoms with Crippen molar-refractivity contribution in [2.45, 2.75) is 6.92 Å². The van der Waals surface area contributed by atoms with Crippen LogP contribution >= 0.6 is 0 Å². The summed E-state index contributed by atoms with van der Waals surface area (Å²) in [6.07, 6.45) is 0. The topological polar surface area (TPSA) is 52.0 Å². The summed E-state index contributed by atoms with van der Waals surface area (Å²) in [6, 6.07) is 10.3. The van der Waals surface area contributed by atoms with E-state index in [0.29, 0.717) is 13.1 Å². The molecule has 1 aromatic carbocycles. The van der Waals surface area contributed by atoms with Crippen LogP contribution in [-0.2, 0) is 0 Å². The number of rotatable bonds is 1. The third-order valence-corrected chi connectivity index (χ3v) is 1.11. The summed E-state index contributed by atoms with van der Waals surface area (Å²) in [5.41, 5.74) is 11.1. The second-order valence-corrected chi connectivity index (χ2v) is 2.23. The van der Waals surface area contributed by atoms with E-state index in [2.05, 4.69) is 19.1 Å². The molecule has 0 saturated carbocycles. The second kappa shape index (κ2) is 7.25. The average Bonchev–Trinajstić information content (AvgIpc) is 2.07. The Morgan fingerprint density at radius 2 is 1.45 bits per heavy atom. The Labute approximate surface area is 68.2 Å². The number of benzene rings is 1. The number of aryl methyl sites for hydroxylation is 1. The summed E-state index contributed by atoms with van der Waals surface area (Å²) >= 11 is 0. The molecule has 11 heavy (non-hydrogen) atoms. The summed E-state index contributed by atoms with van der Waals surface area (Å²) in [6.45, 7) is 3.28. The molecule has 0 aliphatic rings. The Morgan fingerprint density at radius 1 is 1.00 bits per heavy atom. The van der Waals surface area contributed by atoms with E-state index in [-0.39, 0.29) is 0 Å². The third-order valence-electron chi connectivity index (χ3n) is 1.11. The summed E-state index contributed by atoms with van der Waals surface area (Å²) < 4.78 is 0. The normalized spacial score (nSPS) is 8.27. The van der Waals surface area contributed by atoms with Gasteiger partial charge in [-0.15, -0.1) is 0 Å². The molecule has 1 aromatic rings. The van der Waals surface area contributed by atoms with Gasteiger partial charge in [-0.2, -0.15) is 0 Å². The van der Waals surface area contributed by atoms with Crippen molar-refractivity contribution in [3.8, 4) is 0 Å². The van der Waals surface area contributed by atoms with Gasteiger partial charge >= 0.3 is 0 Å². The van der Waals surface area contributed by atoms with Crippen LogP contribution in [0.2, 0.25) is 0 Å². The van der Waals surface area contributed by atoms with Gasteiger partial charge in [-0.3, -0.25) is 0 Å². The molecule has 0 fully saturated rings. The van der Waals surface area contributed by atoms with Gasteiger partial charge in [0.05, 0.1) is 0 Å². The van der Waals surface area contributed by atoms with Crippen molar-refractivity contribution in [2.24, 2.45) is 11.5 Å². The van der Waals surface area contributed by atoms with Gasteiger partial charge in [0.2, 0.25) is 0 Å². The molecule has 2 nitrogen and oxygen atoms in total. The van der Waals surface area contributed by atoms with Gasteiger partial charge in [-0.1, -0.05) is 35.9 Å². The molecule has 0 aliphatic carbocycles. The fourth-order valence-corrected chi connectivity index (χ4v) is 0.534. The lowest BCUT2D eigenvalue weighted by molar-refractivity contribution is 0.976. The van der Waals surface area contributed by atoms with E-state index in [9.17, 15) is 0 Å². The smallest absolute Gasteiger partial charge is 0.00461 e. The lowest BCUT2D eigenvalue weighted by Gasteiger charge is -1.82. The van der Waals surface area contributed by atoms with Gasteiger partial charge in [0.25, 0.3) is 0 Å². The zero-order valence-electron chi connectivity index (χ0n) is 6.96. The van der Waals surface area contributed by atoms with Gasteiger partial charge in [0, 0.05) is 13.1 Å². The maximum Gasteiger partial charge on any atom is 0.00461 e. The van der Waals surface area contributed by atoms with Crippen molar-refractivity contribution < 1.29 is 0 Å². The van der Waals surface area contributed by atoms with Crippen LogP contribution in [0.15, 0.2) is 30.3 Å². The maximum absolute atomic E-state index is 4.90. The van der Waals surface area contributed by atoms with Crippen LogP contribution in [0.3, 0.4) is 0 Å². The molecular formula is C9H16N2. The van der Waals surface area contributed by atoms with Crippen molar-refractivity contribution in [3.63, 3.8) is 0 Å². The standard InChI is InChI=1S/C7H8.C2H8N2/c1-7-5-3-2-4-6-7;3-1-2-4/h2-6H,1H3;1-4H2. The van der Waals surface area contributed by atoms with Crippen LogP contribution in [0.1, 0.15) is 5.56 Å². The quantitative estimate of drug-likeness (QED) is 0.628. The molecule has 0 atom stereocenters. The molecule has 0 heterocycles. The van der Waals surface area contributed by atoms with Crippen LogP contribution in [0.25, 0.3) is 0 Å². The van der Waals surface area contributed by atoms with Crippen molar-refractivity contribution >= 4 is 0 Å². The average molecular weight is 152 g/mol. The highest BCUT2D eigenvalue weighted by Crippen LogP contribution is 1.92. The fourth-order valence-electron chi connectivity index (χ4n) is 0.534. The largest absolute Gasteiger partial charge is 0.329 e. The highest BCUT2D eigenvalue weighted by atomic mass is 14.6. The highest BCUT2D eigenvalue weighted by Gasteiger charge is 1.72. The van der Waals surface area contributed by atoms with E-state index >= 15 is 0 Å². The first-order valence-electron chi connectivity index (χ1n) is 3.73. The number of nitrogens with two attached hydrogens (primary N) is 2. The highest BCUT2D eigenvalue weighted by molar-refractivity contribution is 5.11.